The van der Waals surface area contributed by atoms with Gasteiger partial charge in [0.05, 0.1) is 0 Å². The van der Waals surface area contributed by atoms with Crippen LogP contribution in [0.2, 0.25) is 0 Å². The van der Waals surface area contributed by atoms with Gasteiger partial charge in [-0.15, -0.1) is 0 Å². The lowest BCUT2D eigenvalue weighted by Gasteiger charge is -2.27. The Morgan fingerprint density at radius 2 is 1.50 bits per heavy atom. The molecule has 20 heavy (non-hydrogen) atoms. The Bertz CT molecular complexity index is 532. The third-order valence-corrected chi connectivity index (χ3v) is 3.89. The predicted octanol–water partition coefficient (Wildman–Crippen LogP) is 4.54. The molecule has 2 N–H and O–H groups in total. The molecule has 106 valence electrons. The number of nitrogens with two attached hydrogens (primary N) is 1. The summed E-state index contributed by atoms with van der Waals surface area (Å²) in [6, 6.07) is 18.0. The second-order valence-electron chi connectivity index (χ2n) is 5.27. The summed E-state index contributed by atoms with van der Waals surface area (Å²) in [5, 5.41) is 0. The SMILES string of the molecule is CCC(N)(CC)Cc1ccccc1Oc1ccccc1. The maximum absolute atomic E-state index is 6.44. The van der Waals surface area contributed by atoms with Gasteiger partial charge in [-0.25, -0.2) is 0 Å². The van der Waals surface area contributed by atoms with E-state index in [4.69, 9.17) is 10.5 Å². The van der Waals surface area contributed by atoms with Gasteiger partial charge in [0.25, 0.3) is 0 Å². The van der Waals surface area contributed by atoms with Gasteiger partial charge in [-0.1, -0.05) is 50.2 Å². The average molecular weight is 269 g/mol. The summed E-state index contributed by atoms with van der Waals surface area (Å²) < 4.78 is 5.99. The van der Waals surface area contributed by atoms with Crippen molar-refractivity contribution in [2.45, 2.75) is 38.6 Å². The molecule has 0 heterocycles. The normalized spacial score (nSPS) is 11.3. The standard InChI is InChI=1S/C18H23NO/c1-3-18(19,4-2)14-15-10-8-9-13-17(15)20-16-11-6-5-7-12-16/h5-13H,3-4,14,19H2,1-2H3. The van der Waals surface area contributed by atoms with Crippen LogP contribution in [0.15, 0.2) is 54.6 Å². The Kier molecular flexibility index (Phi) is 4.80. The van der Waals surface area contributed by atoms with E-state index in [1.165, 1.54) is 5.56 Å². The van der Waals surface area contributed by atoms with E-state index in [-0.39, 0.29) is 5.54 Å². The summed E-state index contributed by atoms with van der Waals surface area (Å²) in [5.74, 6) is 1.76. The van der Waals surface area contributed by atoms with Gasteiger partial charge in [0, 0.05) is 5.54 Å². The number of hydrogen-bond donors (Lipinski definition) is 1. The van der Waals surface area contributed by atoms with E-state index in [1.54, 1.807) is 0 Å². The maximum Gasteiger partial charge on any atom is 0.130 e. The van der Waals surface area contributed by atoms with Gasteiger partial charge in [0.15, 0.2) is 0 Å². The lowest BCUT2D eigenvalue weighted by molar-refractivity contribution is 0.384. The van der Waals surface area contributed by atoms with Crippen LogP contribution in [0.5, 0.6) is 11.5 Å². The first-order chi connectivity index (χ1) is 9.67. The number of ether oxygens (including phenoxy) is 1. The molecule has 0 aliphatic carbocycles. The van der Waals surface area contributed by atoms with Crippen molar-refractivity contribution in [2.24, 2.45) is 5.73 Å². The molecule has 0 unspecified atom stereocenters. The molecule has 2 heteroatoms. The number of rotatable bonds is 6. The molecule has 2 aromatic rings. The van der Waals surface area contributed by atoms with Crippen molar-refractivity contribution >= 4 is 0 Å². The van der Waals surface area contributed by atoms with Gasteiger partial charge in [-0.3, -0.25) is 0 Å². The first-order valence-electron chi connectivity index (χ1n) is 7.26. The van der Waals surface area contributed by atoms with E-state index in [1.807, 2.05) is 48.5 Å². The molecule has 2 rings (SSSR count). The maximum atomic E-state index is 6.44. The number of benzene rings is 2. The molecule has 0 bridgehead atoms. The van der Waals surface area contributed by atoms with Gasteiger partial charge in [-0.2, -0.15) is 0 Å². The van der Waals surface area contributed by atoms with Crippen LogP contribution in [-0.2, 0) is 6.42 Å². The first-order valence-corrected chi connectivity index (χ1v) is 7.26. The van der Waals surface area contributed by atoms with E-state index in [0.717, 1.165) is 30.8 Å². The molecule has 0 spiro atoms. The summed E-state index contributed by atoms with van der Waals surface area (Å²) in [6.45, 7) is 4.29. The van der Waals surface area contributed by atoms with E-state index < -0.39 is 0 Å². The summed E-state index contributed by atoms with van der Waals surface area (Å²) in [5.41, 5.74) is 7.45. The van der Waals surface area contributed by atoms with Gasteiger partial charge >= 0.3 is 0 Å². The molecule has 0 saturated carbocycles. The topological polar surface area (TPSA) is 35.2 Å². The number of hydrogen-bond acceptors (Lipinski definition) is 2. The van der Waals surface area contributed by atoms with Crippen LogP contribution in [0.1, 0.15) is 32.3 Å². The average Bonchev–Trinajstić information content (AvgIpc) is 2.50. The van der Waals surface area contributed by atoms with Crippen molar-refractivity contribution in [3.05, 3.63) is 60.2 Å². The summed E-state index contributed by atoms with van der Waals surface area (Å²) in [4.78, 5) is 0. The van der Waals surface area contributed by atoms with Gasteiger partial charge in [0.2, 0.25) is 0 Å². The fourth-order valence-corrected chi connectivity index (χ4v) is 2.24. The zero-order valence-electron chi connectivity index (χ0n) is 12.3. The van der Waals surface area contributed by atoms with E-state index in [0.29, 0.717) is 0 Å². The van der Waals surface area contributed by atoms with Crippen molar-refractivity contribution in [1.82, 2.24) is 0 Å². The van der Waals surface area contributed by atoms with Crippen molar-refractivity contribution in [1.29, 1.82) is 0 Å². The predicted molar refractivity (Wildman–Crippen MR) is 84.2 cm³/mol. The third kappa shape index (κ3) is 3.61. The summed E-state index contributed by atoms with van der Waals surface area (Å²) in [7, 11) is 0. The zero-order valence-corrected chi connectivity index (χ0v) is 12.3. The van der Waals surface area contributed by atoms with Crippen molar-refractivity contribution < 1.29 is 4.74 Å². The van der Waals surface area contributed by atoms with Gasteiger partial charge < -0.3 is 10.5 Å². The van der Waals surface area contributed by atoms with Crippen LogP contribution < -0.4 is 10.5 Å². The minimum absolute atomic E-state index is 0.157. The summed E-state index contributed by atoms with van der Waals surface area (Å²) >= 11 is 0. The molecule has 0 aliphatic heterocycles. The molecule has 0 atom stereocenters. The lowest BCUT2D eigenvalue weighted by Crippen LogP contribution is -2.40. The molecular formula is C18H23NO. The van der Waals surface area contributed by atoms with Crippen molar-refractivity contribution in [3.8, 4) is 11.5 Å². The Balaban J connectivity index is 2.22. The van der Waals surface area contributed by atoms with Crippen LogP contribution in [0.3, 0.4) is 0 Å². The Labute approximate surface area is 121 Å². The number of para-hydroxylation sites is 2. The van der Waals surface area contributed by atoms with E-state index in [9.17, 15) is 0 Å². The molecule has 0 aliphatic rings. The minimum atomic E-state index is -0.157. The molecule has 0 amide bonds. The quantitative estimate of drug-likeness (QED) is 0.835. The highest BCUT2D eigenvalue weighted by molar-refractivity contribution is 5.38. The monoisotopic (exact) mass is 269 g/mol. The molecule has 2 nitrogen and oxygen atoms in total. The second kappa shape index (κ2) is 6.58. The Hall–Kier alpha value is -1.80. The van der Waals surface area contributed by atoms with Crippen LogP contribution in [-0.4, -0.2) is 5.54 Å². The zero-order chi connectivity index (χ0) is 14.4. The fraction of sp³-hybridized carbons (Fsp3) is 0.333. The van der Waals surface area contributed by atoms with Crippen LogP contribution >= 0.6 is 0 Å². The fourth-order valence-electron chi connectivity index (χ4n) is 2.24. The largest absolute Gasteiger partial charge is 0.457 e. The smallest absolute Gasteiger partial charge is 0.130 e. The Morgan fingerprint density at radius 3 is 2.15 bits per heavy atom. The molecule has 0 aromatic heterocycles. The van der Waals surface area contributed by atoms with Gasteiger partial charge in [0.1, 0.15) is 11.5 Å². The van der Waals surface area contributed by atoms with Crippen LogP contribution in [0, 0.1) is 0 Å². The third-order valence-electron chi connectivity index (χ3n) is 3.89. The molecular weight excluding hydrogens is 246 g/mol. The summed E-state index contributed by atoms with van der Waals surface area (Å²) in [6.07, 6.45) is 2.76. The Morgan fingerprint density at radius 1 is 0.900 bits per heavy atom. The van der Waals surface area contributed by atoms with E-state index in [2.05, 4.69) is 19.9 Å². The highest BCUT2D eigenvalue weighted by Gasteiger charge is 2.22. The molecule has 0 saturated heterocycles. The lowest BCUT2D eigenvalue weighted by atomic mass is 9.86. The highest BCUT2D eigenvalue weighted by Crippen LogP contribution is 2.29. The van der Waals surface area contributed by atoms with Crippen LogP contribution in [0.25, 0.3) is 0 Å². The van der Waals surface area contributed by atoms with Crippen LogP contribution in [0.4, 0.5) is 0 Å². The minimum Gasteiger partial charge on any atom is -0.457 e. The molecule has 2 aromatic carbocycles. The van der Waals surface area contributed by atoms with E-state index >= 15 is 0 Å². The van der Waals surface area contributed by atoms with Gasteiger partial charge in [-0.05, 0) is 43.0 Å². The van der Waals surface area contributed by atoms with Crippen molar-refractivity contribution in [2.75, 3.05) is 0 Å². The van der Waals surface area contributed by atoms with Crippen molar-refractivity contribution in [3.63, 3.8) is 0 Å². The first kappa shape index (κ1) is 14.6. The highest BCUT2D eigenvalue weighted by atomic mass is 16.5. The molecule has 0 fully saturated rings. The molecule has 0 radical (unpaired) electrons. The second-order valence-corrected chi connectivity index (χ2v) is 5.27.